The number of carbonyl (C=O) groups excluding carboxylic acids is 1. The Hall–Kier alpha value is -2.11. The Morgan fingerprint density at radius 3 is 2.12 bits per heavy atom. The highest BCUT2D eigenvalue weighted by atomic mass is 16.7. The first-order valence-electron chi connectivity index (χ1n) is 7.99. The molecule has 1 aliphatic heterocycles. The molecule has 24 heavy (non-hydrogen) atoms. The lowest BCUT2D eigenvalue weighted by atomic mass is 9.77. The predicted molar refractivity (Wildman–Crippen MR) is 93.7 cm³/mol. The van der Waals surface area contributed by atoms with Gasteiger partial charge in [-0.25, -0.2) is 0 Å². The van der Waals surface area contributed by atoms with E-state index >= 15 is 0 Å². The van der Waals surface area contributed by atoms with E-state index in [1.807, 2.05) is 33.8 Å². The Bertz CT molecular complexity index is 752. The molecule has 3 rings (SSSR count). The molecule has 1 fully saturated rings. The van der Waals surface area contributed by atoms with Crippen LogP contribution in [0.25, 0.3) is 0 Å². The van der Waals surface area contributed by atoms with Gasteiger partial charge in [0.05, 0.1) is 16.8 Å². The van der Waals surface area contributed by atoms with Crippen molar-refractivity contribution in [1.82, 2.24) is 0 Å². The number of hydrogen-bond acceptors (Lipinski definition) is 4. The fourth-order valence-corrected chi connectivity index (χ4v) is 2.61. The van der Waals surface area contributed by atoms with Crippen LogP contribution in [0.2, 0.25) is 0 Å². The third kappa shape index (κ3) is 2.85. The van der Waals surface area contributed by atoms with Crippen molar-refractivity contribution in [2.24, 2.45) is 0 Å². The quantitative estimate of drug-likeness (QED) is 0.697. The van der Waals surface area contributed by atoms with Crippen LogP contribution in [-0.4, -0.2) is 29.2 Å². The Balaban J connectivity index is 1.95. The van der Waals surface area contributed by atoms with Gasteiger partial charge in [-0.05, 0) is 45.3 Å². The SMILES string of the molecule is CC1(C)OB(c2ccc(O)c(C(=O)c3ccccc3)c2)OC1(C)C. The molecule has 2 aromatic rings. The van der Waals surface area contributed by atoms with Gasteiger partial charge in [0.2, 0.25) is 0 Å². The van der Waals surface area contributed by atoms with E-state index in [1.54, 1.807) is 36.4 Å². The van der Waals surface area contributed by atoms with Crippen molar-refractivity contribution in [3.05, 3.63) is 59.7 Å². The first kappa shape index (κ1) is 16.7. The summed E-state index contributed by atoms with van der Waals surface area (Å²) in [5, 5.41) is 10.1. The topological polar surface area (TPSA) is 55.8 Å². The summed E-state index contributed by atoms with van der Waals surface area (Å²) in [5.74, 6) is -0.282. The normalized spacial score (nSPS) is 18.6. The zero-order valence-corrected chi connectivity index (χ0v) is 14.4. The lowest BCUT2D eigenvalue weighted by Gasteiger charge is -2.32. The third-order valence-electron chi connectivity index (χ3n) is 4.83. The number of hydrogen-bond donors (Lipinski definition) is 1. The highest BCUT2D eigenvalue weighted by Crippen LogP contribution is 2.36. The van der Waals surface area contributed by atoms with Crippen LogP contribution in [0.4, 0.5) is 0 Å². The molecule has 0 saturated carbocycles. The van der Waals surface area contributed by atoms with Crippen LogP contribution in [0, 0.1) is 0 Å². The first-order chi connectivity index (χ1) is 11.2. The maximum Gasteiger partial charge on any atom is 0.494 e. The van der Waals surface area contributed by atoms with E-state index in [4.69, 9.17) is 9.31 Å². The molecular weight excluding hydrogens is 303 g/mol. The van der Waals surface area contributed by atoms with Gasteiger partial charge < -0.3 is 14.4 Å². The molecule has 0 aromatic heterocycles. The van der Waals surface area contributed by atoms with Crippen molar-refractivity contribution < 1.29 is 19.2 Å². The van der Waals surface area contributed by atoms with E-state index in [2.05, 4.69) is 0 Å². The molecule has 0 spiro atoms. The van der Waals surface area contributed by atoms with Crippen LogP contribution < -0.4 is 5.46 Å². The second-order valence-electron chi connectivity index (χ2n) is 7.06. The van der Waals surface area contributed by atoms with Crippen molar-refractivity contribution in [2.45, 2.75) is 38.9 Å². The molecule has 1 aliphatic rings. The Kier molecular flexibility index (Phi) is 4.02. The largest absolute Gasteiger partial charge is 0.507 e. The van der Waals surface area contributed by atoms with Gasteiger partial charge in [-0.2, -0.15) is 0 Å². The highest BCUT2D eigenvalue weighted by Gasteiger charge is 2.51. The van der Waals surface area contributed by atoms with E-state index in [-0.39, 0.29) is 17.1 Å². The van der Waals surface area contributed by atoms with Crippen molar-refractivity contribution in [3.63, 3.8) is 0 Å². The Morgan fingerprint density at radius 1 is 0.958 bits per heavy atom. The second kappa shape index (κ2) is 5.76. The van der Waals surface area contributed by atoms with Gasteiger partial charge in [0.1, 0.15) is 5.75 Å². The van der Waals surface area contributed by atoms with Crippen molar-refractivity contribution in [2.75, 3.05) is 0 Å². The Morgan fingerprint density at radius 2 is 1.54 bits per heavy atom. The summed E-state index contributed by atoms with van der Waals surface area (Å²) >= 11 is 0. The van der Waals surface area contributed by atoms with Crippen LogP contribution in [0.3, 0.4) is 0 Å². The summed E-state index contributed by atoms with van der Waals surface area (Å²) in [5.41, 5.74) is 0.566. The minimum atomic E-state index is -0.571. The van der Waals surface area contributed by atoms with E-state index in [1.165, 1.54) is 6.07 Å². The molecule has 1 N–H and O–H groups in total. The summed E-state index contributed by atoms with van der Waals surface area (Å²) in [7, 11) is -0.571. The molecule has 1 saturated heterocycles. The smallest absolute Gasteiger partial charge is 0.494 e. The number of ketones is 1. The van der Waals surface area contributed by atoms with Crippen LogP contribution in [0.1, 0.15) is 43.6 Å². The van der Waals surface area contributed by atoms with Gasteiger partial charge in [-0.15, -0.1) is 0 Å². The number of carbonyl (C=O) groups is 1. The minimum absolute atomic E-state index is 0.0517. The van der Waals surface area contributed by atoms with Crippen LogP contribution >= 0.6 is 0 Å². The molecule has 0 atom stereocenters. The molecule has 1 heterocycles. The number of aromatic hydroxyl groups is 1. The summed E-state index contributed by atoms with van der Waals surface area (Å²) in [6.07, 6.45) is 0. The molecule has 4 nitrogen and oxygen atoms in total. The van der Waals surface area contributed by atoms with Crippen molar-refractivity contribution in [1.29, 1.82) is 0 Å². The predicted octanol–water partition coefficient (Wildman–Crippen LogP) is 2.92. The van der Waals surface area contributed by atoms with Crippen LogP contribution in [-0.2, 0) is 9.31 Å². The fourth-order valence-electron chi connectivity index (χ4n) is 2.61. The van der Waals surface area contributed by atoms with Crippen LogP contribution in [0.15, 0.2) is 48.5 Å². The first-order valence-corrected chi connectivity index (χ1v) is 7.99. The van der Waals surface area contributed by atoms with Crippen LogP contribution in [0.5, 0.6) is 5.75 Å². The standard InChI is InChI=1S/C19H21BO4/c1-18(2)19(3,4)24-20(23-18)14-10-11-16(21)15(12-14)17(22)13-8-6-5-7-9-13/h5-12,21H,1-4H3. The lowest BCUT2D eigenvalue weighted by Crippen LogP contribution is -2.41. The molecule has 0 radical (unpaired) electrons. The molecule has 0 aliphatic carbocycles. The van der Waals surface area contributed by atoms with Gasteiger partial charge in [0.25, 0.3) is 0 Å². The maximum absolute atomic E-state index is 12.6. The summed E-state index contributed by atoms with van der Waals surface area (Å²) in [4.78, 5) is 12.6. The van der Waals surface area contributed by atoms with Gasteiger partial charge in [0.15, 0.2) is 5.78 Å². The van der Waals surface area contributed by atoms with Crippen molar-refractivity contribution >= 4 is 18.4 Å². The van der Waals surface area contributed by atoms with E-state index in [0.717, 1.165) is 0 Å². The van der Waals surface area contributed by atoms with E-state index in [9.17, 15) is 9.90 Å². The molecule has 0 amide bonds. The molecule has 0 unspecified atom stereocenters. The summed E-state index contributed by atoms with van der Waals surface area (Å²) in [6.45, 7) is 7.90. The van der Waals surface area contributed by atoms with Gasteiger partial charge in [-0.1, -0.05) is 36.4 Å². The summed E-state index contributed by atoms with van der Waals surface area (Å²) in [6, 6.07) is 13.8. The zero-order chi connectivity index (χ0) is 17.5. The molecular formula is C19H21BO4. The van der Waals surface area contributed by atoms with E-state index < -0.39 is 18.3 Å². The van der Waals surface area contributed by atoms with Gasteiger partial charge >= 0.3 is 7.12 Å². The second-order valence-corrected chi connectivity index (χ2v) is 7.06. The van der Waals surface area contributed by atoms with Gasteiger partial charge in [0, 0.05) is 5.56 Å². The number of rotatable bonds is 3. The maximum atomic E-state index is 12.6. The third-order valence-corrected chi connectivity index (χ3v) is 4.83. The van der Waals surface area contributed by atoms with E-state index in [0.29, 0.717) is 11.0 Å². The lowest BCUT2D eigenvalue weighted by molar-refractivity contribution is 0.00578. The average molecular weight is 324 g/mol. The summed E-state index contributed by atoms with van der Waals surface area (Å²) < 4.78 is 12.0. The van der Waals surface area contributed by atoms with Gasteiger partial charge in [-0.3, -0.25) is 4.79 Å². The minimum Gasteiger partial charge on any atom is -0.507 e. The number of benzene rings is 2. The molecule has 2 aromatic carbocycles. The molecule has 5 heteroatoms. The molecule has 124 valence electrons. The highest BCUT2D eigenvalue weighted by molar-refractivity contribution is 6.62. The monoisotopic (exact) mass is 324 g/mol. The number of phenolic OH excluding ortho intramolecular Hbond substituents is 1. The average Bonchev–Trinajstić information content (AvgIpc) is 2.76. The molecule has 0 bridgehead atoms. The van der Waals surface area contributed by atoms with Crippen molar-refractivity contribution in [3.8, 4) is 5.75 Å². The fraction of sp³-hybridized carbons (Fsp3) is 0.316. The number of phenols is 1. The Labute approximate surface area is 142 Å². The zero-order valence-electron chi connectivity index (χ0n) is 14.4.